The molecule has 0 saturated heterocycles. The smallest absolute Gasteiger partial charge is 0.0682 e. The molecule has 1 N–H and O–H groups in total. The van der Waals surface area contributed by atoms with Gasteiger partial charge in [0.05, 0.1) is 6.61 Å². The molecule has 2 heteroatoms. The van der Waals surface area contributed by atoms with E-state index in [-0.39, 0.29) is 0 Å². The highest BCUT2D eigenvalue weighted by Gasteiger charge is 1.92. The number of hydrogen-bond donors (Lipinski definition) is 1. The zero-order valence-corrected chi connectivity index (χ0v) is 16.1. The summed E-state index contributed by atoms with van der Waals surface area (Å²) in [4.78, 5) is 5.33. The molecule has 0 aromatic rings. The third-order valence-electron chi connectivity index (χ3n) is 4.21. The summed E-state index contributed by atoms with van der Waals surface area (Å²) in [6.07, 6.45) is 24.9. The monoisotopic (exact) mass is 325 g/mol. The van der Waals surface area contributed by atoms with E-state index in [1.54, 1.807) is 0 Å². The van der Waals surface area contributed by atoms with Crippen LogP contribution < -0.4 is 5.48 Å². The van der Waals surface area contributed by atoms with Gasteiger partial charge < -0.3 is 4.84 Å². The summed E-state index contributed by atoms with van der Waals surface area (Å²) in [5.41, 5.74) is 2.98. The van der Waals surface area contributed by atoms with Crippen molar-refractivity contribution in [1.29, 1.82) is 0 Å². The van der Waals surface area contributed by atoms with E-state index < -0.39 is 0 Å². The molecule has 0 amide bonds. The Morgan fingerprint density at radius 2 is 1.13 bits per heavy atom. The molecule has 0 aromatic heterocycles. The van der Waals surface area contributed by atoms with Crippen LogP contribution in [0.2, 0.25) is 0 Å². The number of unbranched alkanes of at least 4 members (excludes halogenated alkanes) is 12. The number of nitrogens with one attached hydrogen (secondary N) is 1. The van der Waals surface area contributed by atoms with Crippen LogP contribution in [0.15, 0.2) is 12.2 Å². The molecular weight excluding hydrogens is 282 g/mol. The first kappa shape index (κ1) is 22.7. The van der Waals surface area contributed by atoms with Crippen LogP contribution in [0, 0.1) is 0 Å². The molecule has 0 radical (unpaired) electrons. The van der Waals surface area contributed by atoms with E-state index in [4.69, 9.17) is 4.84 Å². The third kappa shape index (κ3) is 21.7. The maximum absolute atomic E-state index is 5.33. The quantitative estimate of drug-likeness (QED) is 0.157. The van der Waals surface area contributed by atoms with Crippen molar-refractivity contribution in [3.8, 4) is 0 Å². The number of hydroxylamine groups is 1. The van der Waals surface area contributed by atoms with Gasteiger partial charge in [0.1, 0.15) is 0 Å². The van der Waals surface area contributed by atoms with E-state index >= 15 is 0 Å². The lowest BCUT2D eigenvalue weighted by atomic mass is 10.1. The van der Waals surface area contributed by atoms with Crippen LogP contribution in [-0.4, -0.2) is 13.2 Å². The van der Waals surface area contributed by atoms with E-state index in [2.05, 4.69) is 31.5 Å². The number of rotatable bonds is 19. The fourth-order valence-corrected chi connectivity index (χ4v) is 2.67. The Morgan fingerprint density at radius 1 is 0.609 bits per heavy atom. The number of allylic oxidation sites excluding steroid dienone is 2. The molecule has 0 heterocycles. The molecule has 0 bridgehead atoms. The van der Waals surface area contributed by atoms with E-state index in [1.807, 2.05) is 0 Å². The van der Waals surface area contributed by atoms with Crippen molar-refractivity contribution < 1.29 is 4.84 Å². The van der Waals surface area contributed by atoms with Gasteiger partial charge >= 0.3 is 0 Å². The predicted octanol–water partition coefficient (Wildman–Crippen LogP) is 6.96. The van der Waals surface area contributed by atoms with Gasteiger partial charge in [-0.25, -0.2) is 5.48 Å². The van der Waals surface area contributed by atoms with Crippen LogP contribution in [0.1, 0.15) is 110 Å². The fourth-order valence-electron chi connectivity index (χ4n) is 2.67. The molecule has 0 aromatic carbocycles. The second-order valence-corrected chi connectivity index (χ2v) is 6.68. The molecule has 23 heavy (non-hydrogen) atoms. The lowest BCUT2D eigenvalue weighted by Crippen LogP contribution is -2.15. The molecule has 0 fully saturated rings. The molecule has 0 saturated carbocycles. The third-order valence-corrected chi connectivity index (χ3v) is 4.21. The molecule has 0 aliphatic heterocycles. The summed E-state index contributed by atoms with van der Waals surface area (Å²) in [6, 6.07) is 0. The Balaban J connectivity index is 3.02. The van der Waals surface area contributed by atoms with Crippen molar-refractivity contribution in [2.24, 2.45) is 0 Å². The van der Waals surface area contributed by atoms with Crippen molar-refractivity contribution in [3.63, 3.8) is 0 Å². The summed E-state index contributed by atoms with van der Waals surface area (Å²) in [5, 5.41) is 0. The second kappa shape index (κ2) is 21.7. The van der Waals surface area contributed by atoms with Gasteiger partial charge in [-0.1, -0.05) is 83.8 Å². The summed E-state index contributed by atoms with van der Waals surface area (Å²) >= 11 is 0. The van der Waals surface area contributed by atoms with Gasteiger partial charge in [0.2, 0.25) is 0 Å². The largest absolute Gasteiger partial charge is 0.302 e. The fraction of sp³-hybridized carbons (Fsp3) is 0.905. The van der Waals surface area contributed by atoms with Crippen molar-refractivity contribution in [1.82, 2.24) is 5.48 Å². The van der Waals surface area contributed by atoms with Gasteiger partial charge in [-0.3, -0.25) is 0 Å². The van der Waals surface area contributed by atoms with Crippen LogP contribution >= 0.6 is 0 Å². The molecule has 0 unspecified atom stereocenters. The molecule has 2 nitrogen and oxygen atoms in total. The lowest BCUT2D eigenvalue weighted by molar-refractivity contribution is 0.0387. The Morgan fingerprint density at radius 3 is 1.70 bits per heavy atom. The normalized spacial score (nSPS) is 11.6. The molecule has 138 valence electrons. The minimum atomic E-state index is 0.862. The Hall–Kier alpha value is -0.340. The topological polar surface area (TPSA) is 21.3 Å². The minimum absolute atomic E-state index is 0.862. The molecule has 0 aliphatic rings. The Kier molecular flexibility index (Phi) is 21.3. The average Bonchev–Trinajstić information content (AvgIpc) is 2.57. The van der Waals surface area contributed by atoms with E-state index in [9.17, 15) is 0 Å². The van der Waals surface area contributed by atoms with Crippen molar-refractivity contribution in [2.75, 3.05) is 13.2 Å². The zero-order valence-electron chi connectivity index (χ0n) is 16.1. The van der Waals surface area contributed by atoms with Crippen LogP contribution in [0.25, 0.3) is 0 Å². The average molecular weight is 326 g/mol. The maximum Gasteiger partial charge on any atom is 0.0682 e. The van der Waals surface area contributed by atoms with Gasteiger partial charge in [-0.2, -0.15) is 0 Å². The van der Waals surface area contributed by atoms with Gasteiger partial charge in [0.25, 0.3) is 0 Å². The maximum atomic E-state index is 5.33. The van der Waals surface area contributed by atoms with Crippen molar-refractivity contribution in [2.45, 2.75) is 110 Å². The summed E-state index contributed by atoms with van der Waals surface area (Å²) < 4.78 is 0. The molecule has 0 aliphatic carbocycles. The highest BCUT2D eigenvalue weighted by molar-refractivity contribution is 4.81. The first-order valence-corrected chi connectivity index (χ1v) is 10.4. The highest BCUT2D eigenvalue weighted by Crippen LogP contribution is 2.09. The van der Waals surface area contributed by atoms with Crippen molar-refractivity contribution >= 4 is 0 Å². The predicted molar refractivity (Wildman–Crippen MR) is 104 cm³/mol. The first-order valence-electron chi connectivity index (χ1n) is 10.4. The summed E-state index contributed by atoms with van der Waals surface area (Å²) in [7, 11) is 0. The SMILES string of the molecule is CCCCCCCC/C=C\CCCCCCCCONCCC. The summed E-state index contributed by atoms with van der Waals surface area (Å²) in [5.74, 6) is 0. The summed E-state index contributed by atoms with van der Waals surface area (Å²) in [6.45, 7) is 6.26. The minimum Gasteiger partial charge on any atom is -0.302 e. The van der Waals surface area contributed by atoms with Crippen molar-refractivity contribution in [3.05, 3.63) is 12.2 Å². The Labute approximate surface area is 146 Å². The highest BCUT2D eigenvalue weighted by atomic mass is 16.6. The first-order chi connectivity index (χ1) is 11.4. The van der Waals surface area contributed by atoms with Crippen LogP contribution in [0.3, 0.4) is 0 Å². The zero-order chi connectivity index (χ0) is 16.8. The molecule has 0 rings (SSSR count). The van der Waals surface area contributed by atoms with E-state index in [0.29, 0.717) is 0 Å². The molecular formula is C21H43NO. The van der Waals surface area contributed by atoms with Gasteiger partial charge in [0, 0.05) is 6.54 Å². The Bertz CT molecular complexity index is 228. The van der Waals surface area contributed by atoms with Gasteiger partial charge in [-0.15, -0.1) is 0 Å². The van der Waals surface area contributed by atoms with Gasteiger partial charge in [0.15, 0.2) is 0 Å². The van der Waals surface area contributed by atoms with Crippen LogP contribution in [-0.2, 0) is 4.84 Å². The van der Waals surface area contributed by atoms with Crippen LogP contribution in [0.5, 0.6) is 0 Å². The standard InChI is InChI=1S/C21H43NO/c1-3-5-6-7-8-9-10-11-12-13-14-15-16-17-18-19-21-23-22-20-4-2/h11-12,22H,3-10,13-21H2,1-2H3/b12-11-. The van der Waals surface area contributed by atoms with Gasteiger partial charge in [-0.05, 0) is 38.5 Å². The second-order valence-electron chi connectivity index (χ2n) is 6.68. The number of hydrogen-bond acceptors (Lipinski definition) is 2. The van der Waals surface area contributed by atoms with E-state index in [1.165, 1.54) is 89.9 Å². The van der Waals surface area contributed by atoms with Crippen LogP contribution in [0.4, 0.5) is 0 Å². The molecule has 0 spiro atoms. The lowest BCUT2D eigenvalue weighted by Gasteiger charge is -2.04. The molecule has 0 atom stereocenters. The van der Waals surface area contributed by atoms with E-state index in [0.717, 1.165) is 19.6 Å².